The molecule has 0 amide bonds. The van der Waals surface area contributed by atoms with E-state index in [1.807, 2.05) is 0 Å². The summed E-state index contributed by atoms with van der Waals surface area (Å²) in [5, 5.41) is 15.3. The summed E-state index contributed by atoms with van der Waals surface area (Å²) < 4.78 is 0. The third-order valence-corrected chi connectivity index (χ3v) is 12.0. The van der Waals surface area contributed by atoms with E-state index >= 15 is 0 Å². The predicted octanol–water partition coefficient (Wildman–Crippen LogP) is 15.3. The number of fused-ring (bicyclic) bond motifs is 9. The number of benzene rings is 11. The molecule has 0 nitrogen and oxygen atoms in total. The van der Waals surface area contributed by atoms with Gasteiger partial charge in [-0.1, -0.05) is 176 Å². The van der Waals surface area contributed by atoms with Gasteiger partial charge in [-0.15, -0.1) is 0 Å². The first-order valence-corrected chi connectivity index (χ1v) is 18.8. The van der Waals surface area contributed by atoms with Crippen molar-refractivity contribution in [2.75, 3.05) is 0 Å². The molecule has 0 aliphatic heterocycles. The fourth-order valence-electron chi connectivity index (χ4n) is 9.59. The van der Waals surface area contributed by atoms with Crippen LogP contribution in [0.1, 0.15) is 0 Å². The monoisotopic (exact) mass is 680 g/mol. The maximum atomic E-state index is 2.46. The highest BCUT2D eigenvalue weighted by Crippen LogP contribution is 2.52. The number of hydrogen-bond donors (Lipinski definition) is 0. The minimum absolute atomic E-state index is 1.22. The van der Waals surface area contributed by atoms with Gasteiger partial charge in [0.25, 0.3) is 0 Å². The van der Waals surface area contributed by atoms with Gasteiger partial charge in [0.05, 0.1) is 0 Å². The van der Waals surface area contributed by atoms with Gasteiger partial charge in [-0.05, 0) is 138 Å². The van der Waals surface area contributed by atoms with Crippen LogP contribution >= 0.6 is 0 Å². The van der Waals surface area contributed by atoms with Crippen molar-refractivity contribution in [2.24, 2.45) is 0 Å². The molecule has 11 aromatic rings. The highest BCUT2D eigenvalue weighted by Gasteiger charge is 2.25. The Morgan fingerprint density at radius 3 is 1.52 bits per heavy atom. The van der Waals surface area contributed by atoms with E-state index in [4.69, 9.17) is 0 Å². The molecule has 0 radical (unpaired) electrons. The Morgan fingerprint density at radius 2 is 0.722 bits per heavy atom. The molecule has 0 saturated carbocycles. The molecule has 0 bridgehead atoms. The third kappa shape index (κ3) is 4.14. The molecule has 0 N–H and O–H groups in total. The summed E-state index contributed by atoms with van der Waals surface area (Å²) in [6, 6.07) is 72.5. The lowest BCUT2D eigenvalue weighted by molar-refractivity contribution is 1.66. The van der Waals surface area contributed by atoms with Crippen molar-refractivity contribution < 1.29 is 0 Å². The quantitative estimate of drug-likeness (QED) is 0.129. The molecule has 0 unspecified atom stereocenters. The van der Waals surface area contributed by atoms with E-state index in [1.165, 1.54) is 120 Å². The van der Waals surface area contributed by atoms with Crippen molar-refractivity contribution in [2.45, 2.75) is 0 Å². The summed E-state index contributed by atoms with van der Waals surface area (Å²) in [5.41, 5.74) is 12.9. The fourth-order valence-corrected chi connectivity index (χ4v) is 9.59. The molecule has 0 saturated heterocycles. The lowest BCUT2D eigenvalue weighted by Crippen LogP contribution is -1.94. The van der Waals surface area contributed by atoms with Crippen molar-refractivity contribution in [1.82, 2.24) is 0 Å². The van der Waals surface area contributed by atoms with E-state index < -0.39 is 0 Å². The summed E-state index contributed by atoms with van der Waals surface area (Å²) in [5.74, 6) is 0. The lowest BCUT2D eigenvalue weighted by Gasteiger charge is -2.21. The predicted molar refractivity (Wildman–Crippen MR) is 232 cm³/mol. The first kappa shape index (κ1) is 29.5. The first-order chi connectivity index (χ1) is 26.8. The van der Waals surface area contributed by atoms with Gasteiger partial charge in [-0.2, -0.15) is 0 Å². The maximum absolute atomic E-state index is 2.46. The van der Waals surface area contributed by atoms with Crippen molar-refractivity contribution in [3.63, 3.8) is 0 Å². The van der Waals surface area contributed by atoms with Crippen LogP contribution in [0.15, 0.2) is 194 Å². The average Bonchev–Trinajstić information content (AvgIpc) is 3.57. The molecule has 1 aliphatic carbocycles. The Bertz CT molecular complexity index is 3350. The number of hydrogen-bond acceptors (Lipinski definition) is 0. The van der Waals surface area contributed by atoms with Crippen LogP contribution in [0.4, 0.5) is 0 Å². The Balaban J connectivity index is 1.24. The molecule has 248 valence electrons. The van der Waals surface area contributed by atoms with Crippen LogP contribution in [-0.2, 0) is 0 Å². The van der Waals surface area contributed by atoms with E-state index in [-0.39, 0.29) is 0 Å². The van der Waals surface area contributed by atoms with Gasteiger partial charge in [0.2, 0.25) is 0 Å². The summed E-state index contributed by atoms with van der Waals surface area (Å²) in [7, 11) is 0. The van der Waals surface area contributed by atoms with Crippen LogP contribution in [0.2, 0.25) is 0 Å². The number of rotatable bonds is 3. The molecule has 0 atom stereocenters. The largest absolute Gasteiger partial charge is 0.0616 e. The molecule has 0 fully saturated rings. The van der Waals surface area contributed by atoms with Crippen LogP contribution in [0.3, 0.4) is 0 Å². The Hall–Kier alpha value is -7.02. The van der Waals surface area contributed by atoms with E-state index in [9.17, 15) is 0 Å². The highest BCUT2D eigenvalue weighted by molar-refractivity contribution is 6.29. The van der Waals surface area contributed by atoms with Crippen molar-refractivity contribution in [1.29, 1.82) is 0 Å². The Kier molecular flexibility index (Phi) is 6.15. The molecule has 1 aliphatic rings. The van der Waals surface area contributed by atoms with Gasteiger partial charge in [-0.25, -0.2) is 0 Å². The van der Waals surface area contributed by atoms with E-state index in [1.54, 1.807) is 0 Å². The van der Waals surface area contributed by atoms with Crippen LogP contribution in [0.25, 0.3) is 120 Å². The van der Waals surface area contributed by atoms with Crippen molar-refractivity contribution in [3.05, 3.63) is 194 Å². The van der Waals surface area contributed by atoms with E-state index in [0.717, 1.165) is 0 Å². The van der Waals surface area contributed by atoms with Crippen LogP contribution in [0, 0.1) is 0 Å². The van der Waals surface area contributed by atoms with E-state index in [0.29, 0.717) is 0 Å². The second-order valence-corrected chi connectivity index (χ2v) is 14.7. The molecule has 0 aromatic heterocycles. The Labute approximate surface area is 313 Å². The maximum Gasteiger partial charge on any atom is -0.00199 e. The van der Waals surface area contributed by atoms with Crippen molar-refractivity contribution in [3.8, 4) is 55.6 Å². The zero-order valence-electron chi connectivity index (χ0n) is 29.5. The molecule has 0 heteroatoms. The SMILES string of the molecule is c1ccc2c(c1)-c1cccc3c(-c4c5ccccc5c(-c5cc6ccccc6c6ccccc56)c5ccc(-c6ccc7ccccc7c6)cc45)ccc-2c13. The van der Waals surface area contributed by atoms with Crippen LogP contribution < -0.4 is 0 Å². The van der Waals surface area contributed by atoms with Gasteiger partial charge in [0.1, 0.15) is 0 Å². The van der Waals surface area contributed by atoms with Gasteiger partial charge in [0.15, 0.2) is 0 Å². The topological polar surface area (TPSA) is 0 Å². The molecule has 12 rings (SSSR count). The van der Waals surface area contributed by atoms with E-state index in [2.05, 4.69) is 194 Å². The molecule has 11 aromatic carbocycles. The molecule has 54 heavy (non-hydrogen) atoms. The zero-order chi connectivity index (χ0) is 35.3. The Morgan fingerprint density at radius 1 is 0.204 bits per heavy atom. The molecule has 0 spiro atoms. The second kappa shape index (κ2) is 11.2. The standard InChI is InChI=1S/C54H32/c1-2-13-34-30-35(25-24-33(34)12-1)36-26-27-49-51(31-36)53(48-29-28-47-41-18-7-6-17-40(41)43-22-11-23-46(48)52(43)47)44-20-9-10-21-45(44)54(49)50-32-37-14-3-4-15-38(37)39-16-5-8-19-42(39)50/h1-32H. The zero-order valence-corrected chi connectivity index (χ0v) is 29.5. The summed E-state index contributed by atoms with van der Waals surface area (Å²) in [4.78, 5) is 0. The average molecular weight is 681 g/mol. The molecular weight excluding hydrogens is 649 g/mol. The van der Waals surface area contributed by atoms with Crippen molar-refractivity contribution >= 4 is 64.6 Å². The minimum Gasteiger partial charge on any atom is -0.0616 e. The first-order valence-electron chi connectivity index (χ1n) is 18.8. The van der Waals surface area contributed by atoms with Crippen LogP contribution in [-0.4, -0.2) is 0 Å². The molecular formula is C54H32. The smallest absolute Gasteiger partial charge is 0.00199 e. The van der Waals surface area contributed by atoms with Crippen LogP contribution in [0.5, 0.6) is 0 Å². The highest BCUT2D eigenvalue weighted by atomic mass is 14.3. The van der Waals surface area contributed by atoms with Gasteiger partial charge >= 0.3 is 0 Å². The van der Waals surface area contributed by atoms with Gasteiger partial charge < -0.3 is 0 Å². The molecule has 0 heterocycles. The van der Waals surface area contributed by atoms with Gasteiger partial charge in [0, 0.05) is 0 Å². The summed E-state index contributed by atoms with van der Waals surface area (Å²) in [6.07, 6.45) is 0. The summed E-state index contributed by atoms with van der Waals surface area (Å²) >= 11 is 0. The fraction of sp³-hybridized carbons (Fsp3) is 0. The second-order valence-electron chi connectivity index (χ2n) is 14.7. The minimum atomic E-state index is 1.22. The third-order valence-electron chi connectivity index (χ3n) is 12.0. The van der Waals surface area contributed by atoms with Gasteiger partial charge in [-0.3, -0.25) is 0 Å². The normalized spacial score (nSPS) is 12.1. The lowest BCUT2D eigenvalue weighted by atomic mass is 9.82. The summed E-state index contributed by atoms with van der Waals surface area (Å²) in [6.45, 7) is 0.